The Labute approximate surface area is 176 Å². The lowest BCUT2D eigenvalue weighted by Crippen LogP contribution is -2.39. The lowest BCUT2D eigenvalue weighted by Gasteiger charge is -2.35. The van der Waals surface area contributed by atoms with Crippen molar-refractivity contribution in [1.82, 2.24) is 15.0 Å². The molecular weight excluding hydrogens is 402 g/mol. The molecule has 1 aliphatic rings. The molecule has 5 rings (SSSR count). The summed E-state index contributed by atoms with van der Waals surface area (Å²) in [5.74, 6) is 1.18. The van der Waals surface area contributed by atoms with Gasteiger partial charge in [-0.05, 0) is 34.9 Å². The average molecular weight is 422 g/mol. The highest BCUT2D eigenvalue weighted by molar-refractivity contribution is 7.10. The normalized spacial score (nSPS) is 16.0. The SMILES string of the molecule is O=C(CCc1nc(-c2ccccc2)no1)N1CCc2sccc2C1c1cccs1. The first-order chi connectivity index (χ1) is 14.3. The number of carbonyl (C=O) groups excluding carboxylic acids is 1. The van der Waals surface area contributed by atoms with Crippen LogP contribution in [0.15, 0.2) is 63.8 Å². The maximum Gasteiger partial charge on any atom is 0.227 e. The number of fused-ring (bicyclic) bond motifs is 1. The minimum Gasteiger partial charge on any atom is -0.339 e. The van der Waals surface area contributed by atoms with E-state index in [-0.39, 0.29) is 11.9 Å². The molecular formula is C22H19N3O2S2. The standard InChI is InChI=1S/C22H19N3O2S2/c26-20(9-8-19-23-22(24-27-19)15-5-2-1-3-6-15)25-12-10-17-16(11-14-29-17)21(25)18-7-4-13-28-18/h1-7,11,13-14,21H,8-10,12H2. The number of aromatic nitrogens is 2. The summed E-state index contributed by atoms with van der Waals surface area (Å²) in [7, 11) is 0. The second-order valence-electron chi connectivity index (χ2n) is 6.93. The zero-order valence-electron chi connectivity index (χ0n) is 15.7. The van der Waals surface area contributed by atoms with Gasteiger partial charge in [-0.2, -0.15) is 4.98 Å². The van der Waals surface area contributed by atoms with E-state index in [0.717, 1.165) is 18.5 Å². The van der Waals surface area contributed by atoms with Crippen LogP contribution < -0.4 is 0 Å². The molecule has 0 spiro atoms. The van der Waals surface area contributed by atoms with Crippen LogP contribution >= 0.6 is 22.7 Å². The van der Waals surface area contributed by atoms with Crippen LogP contribution in [0.25, 0.3) is 11.4 Å². The quantitative estimate of drug-likeness (QED) is 0.457. The lowest BCUT2D eigenvalue weighted by molar-refractivity contribution is -0.133. The molecule has 1 amide bonds. The van der Waals surface area contributed by atoms with E-state index in [9.17, 15) is 4.79 Å². The van der Waals surface area contributed by atoms with Crippen LogP contribution in [0.5, 0.6) is 0 Å². The number of benzene rings is 1. The lowest BCUT2D eigenvalue weighted by atomic mass is 9.98. The molecule has 0 saturated carbocycles. The Kier molecular flexibility index (Phi) is 4.99. The summed E-state index contributed by atoms with van der Waals surface area (Å²) in [6.07, 6.45) is 1.72. The van der Waals surface area contributed by atoms with Crippen molar-refractivity contribution in [1.29, 1.82) is 0 Å². The minimum absolute atomic E-state index is 0.0139. The minimum atomic E-state index is 0.0139. The monoisotopic (exact) mass is 421 g/mol. The van der Waals surface area contributed by atoms with Crippen molar-refractivity contribution in [2.75, 3.05) is 6.54 Å². The molecule has 146 valence electrons. The van der Waals surface area contributed by atoms with Gasteiger partial charge in [0.15, 0.2) is 0 Å². The second-order valence-corrected chi connectivity index (χ2v) is 8.91. The van der Waals surface area contributed by atoms with Crippen molar-refractivity contribution in [2.45, 2.75) is 25.3 Å². The smallest absolute Gasteiger partial charge is 0.227 e. The van der Waals surface area contributed by atoms with Crippen LogP contribution in [0, 0.1) is 0 Å². The maximum absolute atomic E-state index is 13.1. The van der Waals surface area contributed by atoms with E-state index >= 15 is 0 Å². The van der Waals surface area contributed by atoms with E-state index in [4.69, 9.17) is 4.52 Å². The summed E-state index contributed by atoms with van der Waals surface area (Å²) < 4.78 is 5.37. The molecule has 1 aliphatic heterocycles. The largest absolute Gasteiger partial charge is 0.339 e. The first-order valence-electron chi connectivity index (χ1n) is 9.57. The molecule has 4 aromatic rings. The average Bonchev–Trinajstić information content (AvgIpc) is 3.53. The van der Waals surface area contributed by atoms with Gasteiger partial charge in [0.2, 0.25) is 17.6 Å². The molecule has 1 unspecified atom stereocenters. The van der Waals surface area contributed by atoms with Gasteiger partial charge in [-0.25, -0.2) is 0 Å². The second kappa shape index (κ2) is 7.93. The van der Waals surface area contributed by atoms with Crippen LogP contribution in [-0.4, -0.2) is 27.5 Å². The summed E-state index contributed by atoms with van der Waals surface area (Å²) in [6, 6.07) is 16.1. The first kappa shape index (κ1) is 18.3. The van der Waals surface area contributed by atoms with Gasteiger partial charge in [-0.15, -0.1) is 22.7 Å². The van der Waals surface area contributed by atoms with Crippen LogP contribution in [0.3, 0.4) is 0 Å². The number of thiophene rings is 2. The molecule has 0 N–H and O–H groups in total. The molecule has 3 aromatic heterocycles. The Morgan fingerprint density at radius 2 is 2.00 bits per heavy atom. The number of nitrogens with zero attached hydrogens (tertiary/aromatic N) is 3. The van der Waals surface area contributed by atoms with Crippen molar-refractivity contribution in [3.63, 3.8) is 0 Å². The number of aryl methyl sites for hydroxylation is 1. The molecule has 0 bridgehead atoms. The molecule has 0 radical (unpaired) electrons. The summed E-state index contributed by atoms with van der Waals surface area (Å²) in [5.41, 5.74) is 2.17. The van der Waals surface area contributed by atoms with E-state index in [2.05, 4.69) is 33.0 Å². The topological polar surface area (TPSA) is 59.2 Å². The van der Waals surface area contributed by atoms with Gasteiger partial charge in [-0.1, -0.05) is 41.6 Å². The summed E-state index contributed by atoms with van der Waals surface area (Å²) in [6.45, 7) is 0.744. The van der Waals surface area contributed by atoms with Gasteiger partial charge in [0.25, 0.3) is 0 Å². The Morgan fingerprint density at radius 1 is 1.10 bits per heavy atom. The van der Waals surface area contributed by atoms with Crippen LogP contribution in [0.4, 0.5) is 0 Å². The Morgan fingerprint density at radius 3 is 2.83 bits per heavy atom. The van der Waals surface area contributed by atoms with Gasteiger partial charge in [-0.3, -0.25) is 4.79 Å². The first-order valence-corrected chi connectivity index (χ1v) is 11.3. The summed E-state index contributed by atoms with van der Waals surface area (Å²) >= 11 is 3.49. The molecule has 29 heavy (non-hydrogen) atoms. The van der Waals surface area contributed by atoms with Crippen molar-refractivity contribution >= 4 is 28.6 Å². The predicted octanol–water partition coefficient (Wildman–Crippen LogP) is 4.97. The Hall–Kier alpha value is -2.77. The third kappa shape index (κ3) is 3.63. The fraction of sp³-hybridized carbons (Fsp3) is 0.227. The predicted molar refractivity (Wildman–Crippen MR) is 114 cm³/mol. The molecule has 0 saturated heterocycles. The number of rotatable bonds is 5. The number of amides is 1. The van der Waals surface area contributed by atoms with Crippen molar-refractivity contribution in [2.24, 2.45) is 0 Å². The Balaban J connectivity index is 1.31. The van der Waals surface area contributed by atoms with Crippen LogP contribution in [-0.2, 0) is 17.6 Å². The Bertz CT molecular complexity index is 1100. The third-order valence-electron chi connectivity index (χ3n) is 5.15. The fourth-order valence-corrected chi connectivity index (χ4v) is 5.52. The van der Waals surface area contributed by atoms with Gasteiger partial charge >= 0.3 is 0 Å². The molecule has 7 heteroatoms. The zero-order chi connectivity index (χ0) is 19.6. The third-order valence-corrected chi connectivity index (χ3v) is 7.07. The molecule has 1 atom stereocenters. The van der Waals surface area contributed by atoms with Crippen LogP contribution in [0.2, 0.25) is 0 Å². The molecule has 4 heterocycles. The number of hydrogen-bond donors (Lipinski definition) is 0. The summed E-state index contributed by atoms with van der Waals surface area (Å²) in [4.78, 5) is 22.2. The van der Waals surface area contributed by atoms with Crippen LogP contribution in [0.1, 0.15) is 33.7 Å². The van der Waals surface area contributed by atoms with E-state index in [0.29, 0.717) is 24.6 Å². The highest BCUT2D eigenvalue weighted by Crippen LogP contribution is 2.39. The van der Waals surface area contributed by atoms with Gasteiger partial charge < -0.3 is 9.42 Å². The fourth-order valence-electron chi connectivity index (χ4n) is 3.76. The van der Waals surface area contributed by atoms with Crippen molar-refractivity contribution < 1.29 is 9.32 Å². The highest BCUT2D eigenvalue weighted by atomic mass is 32.1. The zero-order valence-corrected chi connectivity index (χ0v) is 17.3. The molecule has 1 aromatic carbocycles. The molecule has 0 fully saturated rings. The molecule has 5 nitrogen and oxygen atoms in total. The van der Waals surface area contributed by atoms with E-state index < -0.39 is 0 Å². The number of hydrogen-bond acceptors (Lipinski definition) is 6. The van der Waals surface area contributed by atoms with Gasteiger partial charge in [0.05, 0.1) is 6.04 Å². The summed E-state index contributed by atoms with van der Waals surface area (Å²) in [5, 5.41) is 8.25. The van der Waals surface area contributed by atoms with E-state index in [1.165, 1.54) is 15.3 Å². The van der Waals surface area contributed by atoms with Crippen molar-refractivity contribution in [3.8, 4) is 11.4 Å². The van der Waals surface area contributed by atoms with Crippen molar-refractivity contribution in [3.05, 3.63) is 80.5 Å². The molecule has 0 aliphatic carbocycles. The number of carbonyl (C=O) groups is 1. The van der Waals surface area contributed by atoms with E-state index in [1.807, 2.05) is 41.3 Å². The van der Waals surface area contributed by atoms with Gasteiger partial charge in [0.1, 0.15) is 0 Å². The maximum atomic E-state index is 13.1. The highest BCUT2D eigenvalue weighted by Gasteiger charge is 2.33. The van der Waals surface area contributed by atoms with Gasteiger partial charge in [0, 0.05) is 34.7 Å². The van der Waals surface area contributed by atoms with E-state index in [1.54, 1.807) is 22.7 Å².